The second-order valence-electron chi connectivity index (χ2n) is 6.19. The van der Waals surface area contributed by atoms with Gasteiger partial charge in [-0.2, -0.15) is 4.31 Å². The molecule has 1 aromatic rings. The van der Waals surface area contributed by atoms with E-state index in [0.29, 0.717) is 11.1 Å². The van der Waals surface area contributed by atoms with E-state index in [4.69, 9.17) is 0 Å². The lowest BCUT2D eigenvalue weighted by molar-refractivity contribution is -0.136. The Morgan fingerprint density at radius 2 is 1.48 bits per heavy atom. The maximum atomic E-state index is 12.7. The molecule has 0 spiro atoms. The van der Waals surface area contributed by atoms with Crippen molar-refractivity contribution in [1.82, 2.24) is 14.1 Å². The highest BCUT2D eigenvalue weighted by Crippen LogP contribution is 2.25. The van der Waals surface area contributed by atoms with Crippen LogP contribution in [0.3, 0.4) is 0 Å². The summed E-state index contributed by atoms with van der Waals surface area (Å²) in [6, 6.07) is 5.54. The van der Waals surface area contributed by atoms with Gasteiger partial charge in [0.25, 0.3) is 11.8 Å². The number of hydrogen-bond donors (Lipinski definition) is 0. The Bertz CT molecular complexity index is 808. The van der Waals surface area contributed by atoms with Crippen molar-refractivity contribution in [3.8, 4) is 0 Å². The zero-order valence-electron chi connectivity index (χ0n) is 14.0. The van der Waals surface area contributed by atoms with Crippen LogP contribution >= 0.6 is 0 Å². The van der Waals surface area contributed by atoms with Crippen LogP contribution < -0.4 is 0 Å². The molecule has 1 aromatic carbocycles. The lowest BCUT2D eigenvalue weighted by atomic mass is 10.1. The molecule has 0 N–H and O–H groups in total. The van der Waals surface area contributed by atoms with Gasteiger partial charge in [-0.1, -0.05) is 12.1 Å². The first-order chi connectivity index (χ1) is 11.7. The highest BCUT2D eigenvalue weighted by molar-refractivity contribution is 7.88. The van der Waals surface area contributed by atoms with Crippen LogP contribution in [0.4, 0.5) is 0 Å². The number of fused-ring (bicyclic) bond motifs is 1. The third-order valence-electron chi connectivity index (χ3n) is 4.59. The van der Waals surface area contributed by atoms with Gasteiger partial charge in [0.05, 0.1) is 17.4 Å². The van der Waals surface area contributed by atoms with Crippen molar-refractivity contribution >= 4 is 27.7 Å². The van der Waals surface area contributed by atoms with Gasteiger partial charge in [-0.05, 0) is 19.1 Å². The number of benzene rings is 1. The molecule has 3 rings (SSSR count). The fraction of sp³-hybridized carbons (Fsp3) is 0.438. The summed E-state index contributed by atoms with van der Waals surface area (Å²) in [7, 11) is -3.29. The van der Waals surface area contributed by atoms with Crippen molar-refractivity contribution in [2.45, 2.75) is 13.0 Å². The molecule has 2 aliphatic heterocycles. The fourth-order valence-corrected chi connectivity index (χ4v) is 4.00. The summed E-state index contributed by atoms with van der Waals surface area (Å²) in [5, 5.41) is 0. The highest BCUT2D eigenvalue weighted by Gasteiger charge is 2.42. The van der Waals surface area contributed by atoms with Crippen LogP contribution in [0.15, 0.2) is 24.3 Å². The summed E-state index contributed by atoms with van der Waals surface area (Å²) in [6.07, 6.45) is 1.13. The Morgan fingerprint density at radius 3 is 1.92 bits per heavy atom. The number of imide groups is 1. The summed E-state index contributed by atoms with van der Waals surface area (Å²) in [5.74, 6) is -1.31. The van der Waals surface area contributed by atoms with Crippen molar-refractivity contribution < 1.29 is 22.8 Å². The molecule has 1 atom stereocenters. The monoisotopic (exact) mass is 365 g/mol. The number of hydrogen-bond acceptors (Lipinski definition) is 5. The van der Waals surface area contributed by atoms with Crippen LogP contribution in [0.25, 0.3) is 0 Å². The van der Waals surface area contributed by atoms with E-state index in [9.17, 15) is 22.8 Å². The summed E-state index contributed by atoms with van der Waals surface area (Å²) >= 11 is 0. The Labute approximate surface area is 146 Å². The molecule has 9 heteroatoms. The van der Waals surface area contributed by atoms with E-state index in [1.54, 1.807) is 24.3 Å². The van der Waals surface area contributed by atoms with E-state index in [2.05, 4.69) is 0 Å². The normalized spacial score (nSPS) is 19.9. The highest BCUT2D eigenvalue weighted by atomic mass is 32.2. The number of sulfonamides is 1. The Hall–Kier alpha value is -2.26. The summed E-state index contributed by atoms with van der Waals surface area (Å²) in [5.41, 5.74) is 0.600. The summed E-state index contributed by atoms with van der Waals surface area (Å²) < 4.78 is 24.4. The number of carbonyl (C=O) groups excluding carboxylic acids is 3. The largest absolute Gasteiger partial charge is 0.338 e. The molecule has 8 nitrogen and oxygen atoms in total. The molecule has 0 bridgehead atoms. The zero-order chi connectivity index (χ0) is 18.4. The Kier molecular flexibility index (Phi) is 4.38. The van der Waals surface area contributed by atoms with Gasteiger partial charge >= 0.3 is 0 Å². The fourth-order valence-electron chi connectivity index (χ4n) is 3.17. The second kappa shape index (κ2) is 6.23. The predicted molar refractivity (Wildman–Crippen MR) is 89.4 cm³/mol. The van der Waals surface area contributed by atoms with Gasteiger partial charge in [-0.15, -0.1) is 0 Å². The van der Waals surface area contributed by atoms with Crippen LogP contribution in [0, 0.1) is 0 Å². The van der Waals surface area contributed by atoms with Crippen molar-refractivity contribution in [3.05, 3.63) is 35.4 Å². The third kappa shape index (κ3) is 3.05. The third-order valence-corrected chi connectivity index (χ3v) is 5.89. The molecule has 2 heterocycles. The molecule has 134 valence electrons. The van der Waals surface area contributed by atoms with Crippen molar-refractivity contribution in [2.75, 3.05) is 32.4 Å². The standard InChI is InChI=1S/C16H19N3O5S/c1-11(14(20)17-7-9-18(10-8-17)25(2,23)24)19-15(21)12-5-3-4-6-13(12)16(19)22/h3-6,11H,7-10H2,1-2H3. The van der Waals surface area contributed by atoms with E-state index in [-0.39, 0.29) is 32.1 Å². The molecule has 0 saturated carbocycles. The molecule has 0 aromatic heterocycles. The minimum Gasteiger partial charge on any atom is -0.338 e. The first kappa shape index (κ1) is 17.6. The number of carbonyl (C=O) groups is 3. The van der Waals surface area contributed by atoms with Gasteiger partial charge in [-0.3, -0.25) is 19.3 Å². The van der Waals surface area contributed by atoms with Gasteiger partial charge in [0, 0.05) is 26.2 Å². The van der Waals surface area contributed by atoms with Gasteiger partial charge in [0.2, 0.25) is 15.9 Å². The van der Waals surface area contributed by atoms with Crippen molar-refractivity contribution in [1.29, 1.82) is 0 Å². The van der Waals surface area contributed by atoms with E-state index < -0.39 is 27.9 Å². The Balaban J connectivity index is 1.72. The maximum absolute atomic E-state index is 12.7. The van der Waals surface area contributed by atoms with Crippen LogP contribution in [0.1, 0.15) is 27.6 Å². The first-order valence-corrected chi connectivity index (χ1v) is 9.77. The number of piperazine rings is 1. The molecule has 25 heavy (non-hydrogen) atoms. The first-order valence-electron chi connectivity index (χ1n) is 7.92. The molecular formula is C16H19N3O5S. The minimum absolute atomic E-state index is 0.208. The maximum Gasteiger partial charge on any atom is 0.262 e. The SMILES string of the molecule is CC(C(=O)N1CCN(S(C)(=O)=O)CC1)N1C(=O)c2ccccc2C1=O. The van der Waals surface area contributed by atoms with Crippen LogP contribution in [0.5, 0.6) is 0 Å². The second-order valence-corrected chi connectivity index (χ2v) is 8.17. The van der Waals surface area contributed by atoms with Gasteiger partial charge < -0.3 is 4.90 Å². The predicted octanol–water partition coefficient (Wildman–Crippen LogP) is -0.225. The molecule has 1 unspecified atom stereocenters. The van der Waals surface area contributed by atoms with Crippen LogP contribution in [-0.4, -0.2) is 78.7 Å². The average molecular weight is 365 g/mol. The molecule has 2 aliphatic rings. The summed E-state index contributed by atoms with van der Waals surface area (Å²) in [6.45, 7) is 2.41. The van der Waals surface area contributed by atoms with E-state index in [1.807, 2.05) is 0 Å². The van der Waals surface area contributed by atoms with Gasteiger partial charge in [0.15, 0.2) is 0 Å². The number of rotatable bonds is 3. The quantitative estimate of drug-likeness (QED) is 0.690. The molecule has 0 aliphatic carbocycles. The van der Waals surface area contributed by atoms with E-state index >= 15 is 0 Å². The molecule has 0 radical (unpaired) electrons. The lowest BCUT2D eigenvalue weighted by Crippen LogP contribution is -2.55. The smallest absolute Gasteiger partial charge is 0.262 e. The number of amides is 3. The topological polar surface area (TPSA) is 95.1 Å². The van der Waals surface area contributed by atoms with Crippen molar-refractivity contribution in [2.24, 2.45) is 0 Å². The van der Waals surface area contributed by atoms with E-state index in [1.165, 1.54) is 16.1 Å². The Morgan fingerprint density at radius 1 is 1.00 bits per heavy atom. The molecule has 1 fully saturated rings. The van der Waals surface area contributed by atoms with Crippen LogP contribution in [-0.2, 0) is 14.8 Å². The minimum atomic E-state index is -3.29. The molecule has 1 saturated heterocycles. The lowest BCUT2D eigenvalue weighted by Gasteiger charge is -2.35. The zero-order valence-corrected chi connectivity index (χ0v) is 14.8. The molecule has 3 amide bonds. The molecular weight excluding hydrogens is 346 g/mol. The average Bonchev–Trinajstić information content (AvgIpc) is 2.84. The van der Waals surface area contributed by atoms with Gasteiger partial charge in [0.1, 0.15) is 6.04 Å². The van der Waals surface area contributed by atoms with Crippen LogP contribution in [0.2, 0.25) is 0 Å². The summed E-state index contributed by atoms with van der Waals surface area (Å²) in [4.78, 5) is 40.1. The number of nitrogens with zero attached hydrogens (tertiary/aromatic N) is 3. The van der Waals surface area contributed by atoms with Gasteiger partial charge in [-0.25, -0.2) is 8.42 Å². The van der Waals surface area contributed by atoms with E-state index in [0.717, 1.165) is 11.2 Å². The van der Waals surface area contributed by atoms with Crippen molar-refractivity contribution in [3.63, 3.8) is 0 Å².